The van der Waals surface area contributed by atoms with Crippen LogP contribution in [0.2, 0.25) is 0 Å². The molecule has 1 heterocycles. The first kappa shape index (κ1) is 9.18. The number of hydrogen-bond acceptors (Lipinski definition) is 4. The van der Waals surface area contributed by atoms with Crippen LogP contribution in [0, 0.1) is 0 Å². The Labute approximate surface area is 72.0 Å². The van der Waals surface area contributed by atoms with E-state index in [4.69, 9.17) is 11.5 Å². The number of hydrogen-bond donors (Lipinski definition) is 2. The minimum atomic E-state index is 0.505. The molecule has 0 unspecified atom stereocenters. The van der Waals surface area contributed by atoms with Gasteiger partial charge in [0.2, 0.25) is 0 Å². The summed E-state index contributed by atoms with van der Waals surface area (Å²) in [5.41, 5.74) is 10.9. The van der Waals surface area contributed by atoms with E-state index in [1.54, 1.807) is 12.5 Å². The highest BCUT2D eigenvalue weighted by Crippen LogP contribution is 1.88. The summed E-state index contributed by atoms with van der Waals surface area (Å²) in [5.74, 6) is 0. The lowest BCUT2D eigenvalue weighted by Gasteiger charge is -2.17. The van der Waals surface area contributed by atoms with Crippen molar-refractivity contribution in [3.05, 3.63) is 18.7 Å². The van der Waals surface area contributed by atoms with Gasteiger partial charge in [0.05, 0.1) is 6.33 Å². The van der Waals surface area contributed by atoms with Crippen LogP contribution in [-0.4, -0.2) is 34.3 Å². The zero-order valence-electron chi connectivity index (χ0n) is 7.06. The molecule has 0 saturated heterocycles. The molecule has 0 saturated carbocycles. The summed E-state index contributed by atoms with van der Waals surface area (Å²) in [4.78, 5) is 5.89. The topological polar surface area (TPSA) is 73.1 Å². The molecule has 0 aromatic carbocycles. The van der Waals surface area contributed by atoms with E-state index in [0.29, 0.717) is 13.3 Å². The molecular formula is C7H15N5. The van der Waals surface area contributed by atoms with Crippen molar-refractivity contribution in [3.8, 4) is 0 Å². The third kappa shape index (κ3) is 2.61. The molecule has 0 aliphatic heterocycles. The summed E-state index contributed by atoms with van der Waals surface area (Å²) >= 11 is 0. The van der Waals surface area contributed by atoms with Gasteiger partial charge in [-0.15, -0.1) is 0 Å². The van der Waals surface area contributed by atoms with Gasteiger partial charge in [-0.25, -0.2) is 4.98 Å². The van der Waals surface area contributed by atoms with Crippen molar-refractivity contribution >= 4 is 0 Å². The fraction of sp³-hybridized carbons (Fsp3) is 0.571. The van der Waals surface area contributed by atoms with Crippen LogP contribution in [0.25, 0.3) is 0 Å². The highest BCUT2D eigenvalue weighted by molar-refractivity contribution is 4.74. The SMILES string of the molecule is NCN(CN)CCn1ccnc1. The molecule has 1 aromatic heterocycles. The van der Waals surface area contributed by atoms with Gasteiger partial charge in [0, 0.05) is 38.8 Å². The second-order valence-electron chi connectivity index (χ2n) is 2.56. The highest BCUT2D eigenvalue weighted by Gasteiger charge is 1.98. The second kappa shape index (κ2) is 4.87. The van der Waals surface area contributed by atoms with Crippen molar-refractivity contribution < 1.29 is 0 Å². The third-order valence-electron chi connectivity index (χ3n) is 1.75. The fourth-order valence-electron chi connectivity index (χ4n) is 0.933. The molecule has 4 N–H and O–H groups in total. The first-order chi connectivity index (χ1) is 5.86. The van der Waals surface area contributed by atoms with Gasteiger partial charge in [-0.1, -0.05) is 0 Å². The van der Waals surface area contributed by atoms with E-state index in [9.17, 15) is 0 Å². The monoisotopic (exact) mass is 169 g/mol. The van der Waals surface area contributed by atoms with Crippen LogP contribution >= 0.6 is 0 Å². The molecule has 12 heavy (non-hydrogen) atoms. The van der Waals surface area contributed by atoms with Crippen molar-refractivity contribution in [2.24, 2.45) is 11.5 Å². The number of rotatable bonds is 5. The summed E-state index contributed by atoms with van der Waals surface area (Å²) in [6.45, 7) is 2.76. The molecule has 0 bridgehead atoms. The molecular weight excluding hydrogens is 154 g/mol. The normalized spacial score (nSPS) is 10.9. The average molecular weight is 169 g/mol. The van der Waals surface area contributed by atoms with Gasteiger partial charge in [0.1, 0.15) is 0 Å². The van der Waals surface area contributed by atoms with Crippen LogP contribution < -0.4 is 11.5 Å². The molecule has 5 heteroatoms. The quantitative estimate of drug-likeness (QED) is 0.555. The van der Waals surface area contributed by atoms with Gasteiger partial charge in [-0.3, -0.25) is 4.90 Å². The van der Waals surface area contributed by atoms with Crippen LogP contribution in [0.5, 0.6) is 0 Å². The van der Waals surface area contributed by atoms with E-state index < -0.39 is 0 Å². The Balaban J connectivity index is 2.25. The van der Waals surface area contributed by atoms with E-state index in [1.165, 1.54) is 0 Å². The first-order valence-electron chi connectivity index (χ1n) is 3.95. The van der Waals surface area contributed by atoms with E-state index in [2.05, 4.69) is 4.98 Å². The minimum absolute atomic E-state index is 0.505. The van der Waals surface area contributed by atoms with E-state index in [0.717, 1.165) is 13.1 Å². The zero-order chi connectivity index (χ0) is 8.81. The summed E-state index contributed by atoms with van der Waals surface area (Å²) in [6, 6.07) is 0. The Morgan fingerprint density at radius 3 is 2.58 bits per heavy atom. The summed E-state index contributed by atoms with van der Waals surface area (Å²) < 4.78 is 2.00. The van der Waals surface area contributed by atoms with Crippen molar-refractivity contribution in [3.63, 3.8) is 0 Å². The van der Waals surface area contributed by atoms with Crippen LogP contribution in [0.4, 0.5) is 0 Å². The molecule has 1 rings (SSSR count). The largest absolute Gasteiger partial charge is 0.336 e. The van der Waals surface area contributed by atoms with E-state index in [-0.39, 0.29) is 0 Å². The molecule has 5 nitrogen and oxygen atoms in total. The number of imidazole rings is 1. The molecule has 0 fully saturated rings. The Kier molecular flexibility index (Phi) is 3.72. The molecule has 0 radical (unpaired) electrons. The van der Waals surface area contributed by atoms with E-state index >= 15 is 0 Å². The van der Waals surface area contributed by atoms with Crippen molar-refractivity contribution in [1.82, 2.24) is 14.5 Å². The Bertz CT molecular complexity index is 192. The smallest absolute Gasteiger partial charge is 0.0946 e. The lowest BCUT2D eigenvalue weighted by Crippen LogP contribution is -2.37. The van der Waals surface area contributed by atoms with Crippen LogP contribution in [-0.2, 0) is 6.54 Å². The Morgan fingerprint density at radius 2 is 2.08 bits per heavy atom. The molecule has 0 aliphatic carbocycles. The van der Waals surface area contributed by atoms with Crippen molar-refractivity contribution in [2.75, 3.05) is 19.9 Å². The maximum absolute atomic E-state index is 5.44. The molecule has 0 spiro atoms. The standard InChI is InChI=1S/C7H15N5/c8-5-12(6-9)4-3-11-2-1-10-7-11/h1-2,7H,3-6,8-9H2. The molecule has 0 aliphatic rings. The molecule has 68 valence electrons. The molecule has 1 aromatic rings. The number of nitrogens with zero attached hydrogens (tertiary/aromatic N) is 3. The van der Waals surface area contributed by atoms with Crippen LogP contribution in [0.15, 0.2) is 18.7 Å². The van der Waals surface area contributed by atoms with Gasteiger partial charge in [-0.05, 0) is 0 Å². The minimum Gasteiger partial charge on any atom is -0.336 e. The predicted molar refractivity (Wildman–Crippen MR) is 47.0 cm³/mol. The third-order valence-corrected chi connectivity index (χ3v) is 1.75. The summed E-state index contributed by atoms with van der Waals surface area (Å²) in [6.07, 6.45) is 5.46. The van der Waals surface area contributed by atoms with Gasteiger partial charge >= 0.3 is 0 Å². The molecule has 0 atom stereocenters. The first-order valence-corrected chi connectivity index (χ1v) is 3.95. The van der Waals surface area contributed by atoms with Crippen molar-refractivity contribution in [2.45, 2.75) is 6.54 Å². The Hall–Kier alpha value is -0.910. The van der Waals surface area contributed by atoms with Crippen LogP contribution in [0.3, 0.4) is 0 Å². The summed E-state index contributed by atoms with van der Waals surface area (Å²) in [5, 5.41) is 0. The zero-order valence-corrected chi connectivity index (χ0v) is 7.06. The lowest BCUT2D eigenvalue weighted by atomic mass is 10.5. The van der Waals surface area contributed by atoms with Gasteiger partial charge < -0.3 is 16.0 Å². The number of aromatic nitrogens is 2. The van der Waals surface area contributed by atoms with Gasteiger partial charge in [0.25, 0.3) is 0 Å². The maximum atomic E-state index is 5.44. The maximum Gasteiger partial charge on any atom is 0.0946 e. The van der Waals surface area contributed by atoms with Crippen molar-refractivity contribution in [1.29, 1.82) is 0 Å². The van der Waals surface area contributed by atoms with Crippen LogP contribution in [0.1, 0.15) is 0 Å². The number of nitrogens with two attached hydrogens (primary N) is 2. The second-order valence-corrected chi connectivity index (χ2v) is 2.56. The molecule has 0 amide bonds. The Morgan fingerprint density at radius 1 is 1.33 bits per heavy atom. The predicted octanol–water partition coefficient (Wildman–Crippen LogP) is -0.982. The lowest BCUT2D eigenvalue weighted by molar-refractivity contribution is 0.277. The van der Waals surface area contributed by atoms with E-state index in [1.807, 2.05) is 15.7 Å². The average Bonchev–Trinajstić information content (AvgIpc) is 2.59. The van der Waals surface area contributed by atoms with Gasteiger partial charge in [0.15, 0.2) is 0 Å². The fourth-order valence-corrected chi connectivity index (χ4v) is 0.933. The summed E-state index contributed by atoms with van der Waals surface area (Å²) in [7, 11) is 0. The highest BCUT2D eigenvalue weighted by atomic mass is 15.2. The van der Waals surface area contributed by atoms with Gasteiger partial charge in [-0.2, -0.15) is 0 Å².